The van der Waals surface area contributed by atoms with Gasteiger partial charge in [-0.15, -0.1) is 10.2 Å². The van der Waals surface area contributed by atoms with Crippen molar-refractivity contribution in [2.75, 3.05) is 23.7 Å². The fourth-order valence-corrected chi connectivity index (χ4v) is 3.50. The largest absolute Gasteiger partial charge is 0.366 e. The van der Waals surface area contributed by atoms with Gasteiger partial charge >= 0.3 is 0 Å². The van der Waals surface area contributed by atoms with Gasteiger partial charge in [-0.2, -0.15) is 0 Å². The molecule has 25 heavy (non-hydrogen) atoms. The van der Waals surface area contributed by atoms with Crippen LogP contribution in [0.3, 0.4) is 0 Å². The van der Waals surface area contributed by atoms with Gasteiger partial charge in [-0.05, 0) is 18.4 Å². The van der Waals surface area contributed by atoms with Gasteiger partial charge in [0, 0.05) is 24.6 Å². The molecule has 4 rings (SSSR count). The zero-order valence-corrected chi connectivity index (χ0v) is 14.0. The van der Waals surface area contributed by atoms with Crippen molar-refractivity contribution in [2.45, 2.75) is 18.8 Å². The second kappa shape index (κ2) is 6.89. The summed E-state index contributed by atoms with van der Waals surface area (Å²) in [6, 6.07) is 20.7. The van der Waals surface area contributed by atoms with Crippen molar-refractivity contribution in [1.82, 2.24) is 15.2 Å². The minimum atomic E-state index is 0.208. The highest BCUT2D eigenvalue weighted by molar-refractivity contribution is 5.72. The van der Waals surface area contributed by atoms with E-state index in [-0.39, 0.29) is 5.95 Å². The van der Waals surface area contributed by atoms with Gasteiger partial charge in [0.1, 0.15) is 5.69 Å². The molecule has 1 aromatic heterocycles. The lowest BCUT2D eigenvalue weighted by molar-refractivity contribution is 0.505. The van der Waals surface area contributed by atoms with E-state index in [1.807, 2.05) is 30.3 Å². The highest BCUT2D eigenvalue weighted by atomic mass is 15.3. The van der Waals surface area contributed by atoms with Gasteiger partial charge in [0.05, 0.1) is 0 Å². The topological polar surface area (TPSA) is 67.9 Å². The first-order chi connectivity index (χ1) is 12.3. The zero-order valence-electron chi connectivity index (χ0n) is 14.0. The third kappa shape index (κ3) is 3.31. The quantitative estimate of drug-likeness (QED) is 0.795. The van der Waals surface area contributed by atoms with Crippen LogP contribution in [-0.4, -0.2) is 28.3 Å². The number of hydrogen-bond acceptors (Lipinski definition) is 5. The summed E-state index contributed by atoms with van der Waals surface area (Å²) in [7, 11) is 0. The van der Waals surface area contributed by atoms with E-state index in [1.165, 1.54) is 12.0 Å². The van der Waals surface area contributed by atoms with E-state index in [9.17, 15) is 0 Å². The monoisotopic (exact) mass is 331 g/mol. The third-order valence-corrected chi connectivity index (χ3v) is 4.72. The molecule has 0 amide bonds. The number of aromatic nitrogens is 3. The van der Waals surface area contributed by atoms with Gasteiger partial charge in [-0.3, -0.25) is 0 Å². The van der Waals surface area contributed by atoms with Crippen LogP contribution in [0.5, 0.6) is 0 Å². The summed E-state index contributed by atoms with van der Waals surface area (Å²) in [4.78, 5) is 6.77. The van der Waals surface area contributed by atoms with Gasteiger partial charge in [-0.1, -0.05) is 60.7 Å². The van der Waals surface area contributed by atoms with E-state index < -0.39 is 0 Å². The number of hydrogen-bond donors (Lipinski definition) is 1. The fourth-order valence-electron chi connectivity index (χ4n) is 3.50. The van der Waals surface area contributed by atoms with Crippen molar-refractivity contribution in [2.24, 2.45) is 0 Å². The molecule has 0 radical (unpaired) electrons. The fraction of sp³-hybridized carbons (Fsp3) is 0.250. The molecule has 0 aliphatic carbocycles. The van der Waals surface area contributed by atoms with Gasteiger partial charge in [0.25, 0.3) is 0 Å². The van der Waals surface area contributed by atoms with E-state index in [1.54, 1.807) is 0 Å². The van der Waals surface area contributed by atoms with Crippen LogP contribution in [0.4, 0.5) is 11.8 Å². The summed E-state index contributed by atoms with van der Waals surface area (Å²) in [5, 5.41) is 8.41. The molecule has 1 unspecified atom stereocenters. The summed E-state index contributed by atoms with van der Waals surface area (Å²) in [5.41, 5.74) is 9.01. The molecule has 2 heterocycles. The maximum Gasteiger partial charge on any atom is 0.240 e. The van der Waals surface area contributed by atoms with Crippen LogP contribution in [-0.2, 0) is 0 Å². The Morgan fingerprint density at radius 2 is 1.64 bits per heavy atom. The summed E-state index contributed by atoms with van der Waals surface area (Å²) < 4.78 is 0. The van der Waals surface area contributed by atoms with Gasteiger partial charge in [0.15, 0.2) is 5.82 Å². The van der Waals surface area contributed by atoms with Crippen molar-refractivity contribution in [3.05, 3.63) is 66.2 Å². The molecule has 5 heteroatoms. The molecule has 0 saturated carbocycles. The van der Waals surface area contributed by atoms with Crippen LogP contribution in [0, 0.1) is 0 Å². The van der Waals surface area contributed by atoms with Crippen molar-refractivity contribution < 1.29 is 0 Å². The lowest BCUT2D eigenvalue weighted by atomic mass is 9.90. The Morgan fingerprint density at radius 1 is 0.920 bits per heavy atom. The lowest BCUT2D eigenvalue weighted by Gasteiger charge is -2.34. The molecule has 1 aliphatic rings. The Kier molecular flexibility index (Phi) is 4.29. The van der Waals surface area contributed by atoms with Crippen molar-refractivity contribution in [3.63, 3.8) is 0 Å². The first-order valence-electron chi connectivity index (χ1n) is 8.67. The Balaban J connectivity index is 1.67. The Labute approximate surface area is 147 Å². The van der Waals surface area contributed by atoms with Gasteiger partial charge < -0.3 is 10.6 Å². The number of rotatable bonds is 3. The van der Waals surface area contributed by atoms with Crippen LogP contribution >= 0.6 is 0 Å². The molecule has 126 valence electrons. The standard InChI is InChI=1S/C20H21N5/c21-20-22-18(16-10-5-2-6-11-16)19(23-24-20)25-13-7-12-17(14-25)15-8-3-1-4-9-15/h1-6,8-11,17H,7,12-14H2,(H2,21,22,24). The lowest BCUT2D eigenvalue weighted by Crippen LogP contribution is -2.35. The summed E-state index contributed by atoms with van der Waals surface area (Å²) in [6.07, 6.45) is 2.32. The van der Waals surface area contributed by atoms with Crippen molar-refractivity contribution >= 4 is 11.8 Å². The average molecular weight is 331 g/mol. The molecule has 1 atom stereocenters. The molecule has 5 nitrogen and oxygen atoms in total. The summed E-state index contributed by atoms with van der Waals surface area (Å²) >= 11 is 0. The number of benzene rings is 2. The molecular weight excluding hydrogens is 310 g/mol. The summed E-state index contributed by atoms with van der Waals surface area (Å²) in [5.74, 6) is 1.53. The molecule has 1 aliphatic heterocycles. The van der Waals surface area contributed by atoms with Gasteiger partial charge in [-0.25, -0.2) is 4.98 Å². The van der Waals surface area contributed by atoms with Crippen molar-refractivity contribution in [1.29, 1.82) is 0 Å². The van der Waals surface area contributed by atoms with E-state index in [4.69, 9.17) is 5.73 Å². The van der Waals surface area contributed by atoms with Crippen LogP contribution in [0.1, 0.15) is 24.3 Å². The second-order valence-electron chi connectivity index (χ2n) is 6.40. The minimum Gasteiger partial charge on any atom is -0.366 e. The average Bonchev–Trinajstić information content (AvgIpc) is 2.69. The van der Waals surface area contributed by atoms with E-state index in [2.05, 4.69) is 50.4 Å². The summed E-state index contributed by atoms with van der Waals surface area (Å²) in [6.45, 7) is 1.88. The second-order valence-corrected chi connectivity index (χ2v) is 6.40. The Bertz CT molecular complexity index is 835. The van der Waals surface area contributed by atoms with E-state index >= 15 is 0 Å². The normalized spacial score (nSPS) is 17.4. The molecular formula is C20H21N5. The molecule has 3 aromatic rings. The highest BCUT2D eigenvalue weighted by Crippen LogP contribution is 2.33. The van der Waals surface area contributed by atoms with Crippen LogP contribution < -0.4 is 10.6 Å². The van der Waals surface area contributed by atoms with Crippen LogP contribution in [0.25, 0.3) is 11.3 Å². The number of piperidine rings is 1. The highest BCUT2D eigenvalue weighted by Gasteiger charge is 2.25. The van der Waals surface area contributed by atoms with Crippen LogP contribution in [0.15, 0.2) is 60.7 Å². The molecule has 1 saturated heterocycles. The van der Waals surface area contributed by atoms with Crippen LogP contribution in [0.2, 0.25) is 0 Å². The molecule has 0 spiro atoms. The number of nitrogens with two attached hydrogens (primary N) is 1. The minimum absolute atomic E-state index is 0.208. The first kappa shape index (κ1) is 15.6. The maximum absolute atomic E-state index is 5.81. The molecule has 2 N–H and O–H groups in total. The SMILES string of the molecule is Nc1nnc(N2CCCC(c3ccccc3)C2)c(-c2ccccc2)n1. The maximum atomic E-state index is 5.81. The molecule has 2 aromatic carbocycles. The van der Waals surface area contributed by atoms with Crippen molar-refractivity contribution in [3.8, 4) is 11.3 Å². The smallest absolute Gasteiger partial charge is 0.240 e. The molecule has 0 bridgehead atoms. The molecule has 1 fully saturated rings. The van der Waals surface area contributed by atoms with E-state index in [0.717, 1.165) is 36.6 Å². The first-order valence-corrected chi connectivity index (χ1v) is 8.67. The predicted molar refractivity (Wildman–Crippen MR) is 100 cm³/mol. The number of nitrogens with zero attached hydrogens (tertiary/aromatic N) is 4. The number of nitrogen functional groups attached to an aromatic ring is 1. The number of anilines is 2. The van der Waals surface area contributed by atoms with Gasteiger partial charge in [0.2, 0.25) is 5.95 Å². The Hall–Kier alpha value is -2.95. The van der Waals surface area contributed by atoms with E-state index in [0.29, 0.717) is 5.92 Å². The third-order valence-electron chi connectivity index (χ3n) is 4.72. The zero-order chi connectivity index (χ0) is 17.1. The Morgan fingerprint density at radius 3 is 2.40 bits per heavy atom. The predicted octanol–water partition coefficient (Wildman–Crippen LogP) is 3.50.